The quantitative estimate of drug-likeness (QED) is 0.497. The molecule has 0 radical (unpaired) electrons. The highest BCUT2D eigenvalue weighted by molar-refractivity contribution is 5.11. The molecule has 2 aliphatic heterocycles. The fourth-order valence-electron chi connectivity index (χ4n) is 2.30. The molecule has 0 N–H and O–H groups in total. The maximum Gasteiger partial charge on any atom is 0.223 e. The van der Waals surface area contributed by atoms with Gasteiger partial charge in [-0.25, -0.2) is 0 Å². The van der Waals surface area contributed by atoms with Crippen LogP contribution in [0.3, 0.4) is 0 Å². The summed E-state index contributed by atoms with van der Waals surface area (Å²) in [5.41, 5.74) is 0. The number of rotatable bonds is 0. The highest BCUT2D eigenvalue weighted by Crippen LogP contribution is 2.58. The van der Waals surface area contributed by atoms with Crippen LogP contribution in [0.2, 0.25) is 0 Å². The van der Waals surface area contributed by atoms with Gasteiger partial charge in [-0.15, -0.1) is 0 Å². The Labute approximate surface area is 66.9 Å². The Morgan fingerprint density at radius 3 is 1.91 bits per heavy atom. The van der Waals surface area contributed by atoms with E-state index in [-0.39, 0.29) is 5.79 Å². The number of epoxide rings is 2. The predicted molar refractivity (Wildman–Crippen MR) is 40.2 cm³/mol. The summed E-state index contributed by atoms with van der Waals surface area (Å²) in [4.78, 5) is 0. The van der Waals surface area contributed by atoms with Crippen molar-refractivity contribution in [2.75, 3.05) is 0 Å². The fraction of sp³-hybridized carbons (Fsp3) is 1.00. The van der Waals surface area contributed by atoms with Gasteiger partial charge in [0.25, 0.3) is 0 Å². The van der Waals surface area contributed by atoms with Crippen LogP contribution in [-0.4, -0.2) is 18.0 Å². The van der Waals surface area contributed by atoms with Gasteiger partial charge in [-0.2, -0.15) is 0 Å². The van der Waals surface area contributed by atoms with Crippen LogP contribution in [0, 0.1) is 0 Å². The predicted octanol–water partition coefficient (Wildman–Crippen LogP) is 1.83. The third-order valence-corrected chi connectivity index (χ3v) is 3.12. The molecule has 1 saturated carbocycles. The minimum absolute atomic E-state index is 0.0235. The van der Waals surface area contributed by atoms with Crippen molar-refractivity contribution in [3.8, 4) is 0 Å². The van der Waals surface area contributed by atoms with Crippen LogP contribution < -0.4 is 0 Å². The lowest BCUT2D eigenvalue weighted by Gasteiger charge is -1.96. The minimum atomic E-state index is -0.0235. The molecule has 62 valence electrons. The zero-order valence-electron chi connectivity index (χ0n) is 6.71. The van der Waals surface area contributed by atoms with Gasteiger partial charge in [0.2, 0.25) is 5.79 Å². The summed E-state index contributed by atoms with van der Waals surface area (Å²) in [7, 11) is 0. The van der Waals surface area contributed by atoms with Crippen LogP contribution in [-0.2, 0) is 9.47 Å². The van der Waals surface area contributed by atoms with Gasteiger partial charge in [-0.05, 0) is 12.8 Å². The van der Waals surface area contributed by atoms with Gasteiger partial charge in [0.05, 0.1) is 0 Å². The van der Waals surface area contributed by atoms with Crippen LogP contribution in [0.1, 0.15) is 38.5 Å². The van der Waals surface area contributed by atoms with Crippen LogP contribution in [0.25, 0.3) is 0 Å². The van der Waals surface area contributed by atoms with Gasteiger partial charge < -0.3 is 9.47 Å². The summed E-state index contributed by atoms with van der Waals surface area (Å²) in [5.74, 6) is -0.0235. The fourth-order valence-corrected chi connectivity index (χ4v) is 2.30. The van der Waals surface area contributed by atoms with Gasteiger partial charge >= 0.3 is 0 Å². The lowest BCUT2D eigenvalue weighted by atomic mass is 10.1. The molecule has 0 aromatic heterocycles. The Bertz CT molecular complexity index is 158. The Hall–Kier alpha value is -0.0800. The van der Waals surface area contributed by atoms with Crippen molar-refractivity contribution in [1.82, 2.24) is 0 Å². The second kappa shape index (κ2) is 1.99. The van der Waals surface area contributed by atoms with Gasteiger partial charge in [0, 0.05) is 0 Å². The van der Waals surface area contributed by atoms with Gasteiger partial charge in [0.15, 0.2) is 0 Å². The molecule has 11 heavy (non-hydrogen) atoms. The first kappa shape index (κ1) is 6.44. The maximum absolute atomic E-state index is 5.53. The second-order valence-corrected chi connectivity index (χ2v) is 3.93. The number of hydrogen-bond acceptors (Lipinski definition) is 2. The Morgan fingerprint density at radius 1 is 0.818 bits per heavy atom. The van der Waals surface area contributed by atoms with E-state index in [0.717, 1.165) is 0 Å². The van der Waals surface area contributed by atoms with Crippen molar-refractivity contribution in [3.63, 3.8) is 0 Å². The largest absolute Gasteiger partial charge is 0.336 e. The van der Waals surface area contributed by atoms with E-state index in [1.54, 1.807) is 0 Å². The van der Waals surface area contributed by atoms with Crippen LogP contribution in [0.15, 0.2) is 0 Å². The van der Waals surface area contributed by atoms with Crippen LogP contribution in [0.5, 0.6) is 0 Å². The molecule has 2 nitrogen and oxygen atoms in total. The van der Waals surface area contributed by atoms with Crippen molar-refractivity contribution in [3.05, 3.63) is 0 Å². The zero-order valence-corrected chi connectivity index (χ0v) is 6.71. The maximum atomic E-state index is 5.53. The standard InChI is InChI=1S/C9H14O2/c1-2-4-6-8-9(11-8)7(10-9)5-3-1/h7-8H,1-6H2/t7-,8?,9?/m0/s1. The van der Waals surface area contributed by atoms with Gasteiger partial charge in [-0.1, -0.05) is 25.7 Å². The molecule has 2 unspecified atom stereocenters. The van der Waals surface area contributed by atoms with Crippen LogP contribution in [0.4, 0.5) is 0 Å². The molecule has 3 rings (SSSR count). The molecule has 0 bridgehead atoms. The Morgan fingerprint density at radius 2 is 1.36 bits per heavy atom. The highest BCUT2D eigenvalue weighted by Gasteiger charge is 2.75. The van der Waals surface area contributed by atoms with Crippen molar-refractivity contribution in [1.29, 1.82) is 0 Å². The average Bonchev–Trinajstić information content (AvgIpc) is 2.88. The van der Waals surface area contributed by atoms with E-state index in [0.29, 0.717) is 12.2 Å². The monoisotopic (exact) mass is 154 g/mol. The molecule has 3 fully saturated rings. The lowest BCUT2D eigenvalue weighted by Crippen LogP contribution is -1.98. The summed E-state index contributed by atoms with van der Waals surface area (Å²) >= 11 is 0. The Balaban J connectivity index is 1.68. The molecular weight excluding hydrogens is 140 g/mol. The molecule has 1 aliphatic carbocycles. The van der Waals surface area contributed by atoms with E-state index in [1.165, 1.54) is 38.5 Å². The molecular formula is C9H14O2. The van der Waals surface area contributed by atoms with E-state index >= 15 is 0 Å². The van der Waals surface area contributed by atoms with Gasteiger partial charge in [0.1, 0.15) is 12.2 Å². The average molecular weight is 154 g/mol. The van der Waals surface area contributed by atoms with E-state index in [2.05, 4.69) is 0 Å². The summed E-state index contributed by atoms with van der Waals surface area (Å²) in [6.07, 6.45) is 8.87. The molecule has 3 aliphatic rings. The van der Waals surface area contributed by atoms with Gasteiger partial charge in [-0.3, -0.25) is 0 Å². The topological polar surface area (TPSA) is 25.1 Å². The highest BCUT2D eigenvalue weighted by atomic mass is 16.9. The minimum Gasteiger partial charge on any atom is -0.336 e. The first-order valence-corrected chi connectivity index (χ1v) is 4.77. The second-order valence-electron chi connectivity index (χ2n) is 3.93. The third kappa shape index (κ3) is 0.859. The summed E-state index contributed by atoms with van der Waals surface area (Å²) < 4.78 is 11.1. The van der Waals surface area contributed by atoms with E-state index in [4.69, 9.17) is 9.47 Å². The molecule has 2 heterocycles. The molecule has 2 heteroatoms. The van der Waals surface area contributed by atoms with E-state index < -0.39 is 0 Å². The smallest absolute Gasteiger partial charge is 0.223 e. The lowest BCUT2D eigenvalue weighted by molar-refractivity contribution is 0.246. The number of hydrogen-bond donors (Lipinski definition) is 0. The van der Waals surface area contributed by atoms with E-state index in [9.17, 15) is 0 Å². The summed E-state index contributed by atoms with van der Waals surface area (Å²) in [5, 5.41) is 0. The molecule has 0 amide bonds. The molecule has 2 saturated heterocycles. The SMILES string of the molecule is C1CCC[C@@H]2OC23OC3CC1. The normalized spacial score (nSPS) is 54.5. The van der Waals surface area contributed by atoms with Crippen molar-refractivity contribution in [2.24, 2.45) is 0 Å². The molecule has 0 aromatic carbocycles. The third-order valence-electron chi connectivity index (χ3n) is 3.12. The zero-order chi connectivity index (χ0) is 7.31. The first-order valence-electron chi connectivity index (χ1n) is 4.77. The van der Waals surface area contributed by atoms with Crippen molar-refractivity contribution >= 4 is 0 Å². The molecule has 1 spiro atoms. The summed E-state index contributed by atoms with van der Waals surface area (Å²) in [6, 6.07) is 0. The Kier molecular flexibility index (Phi) is 1.16. The first-order chi connectivity index (χ1) is 5.42. The van der Waals surface area contributed by atoms with E-state index in [1.807, 2.05) is 0 Å². The number of ether oxygens (including phenoxy) is 2. The molecule has 3 atom stereocenters. The van der Waals surface area contributed by atoms with Crippen LogP contribution >= 0.6 is 0 Å². The van der Waals surface area contributed by atoms with Crippen molar-refractivity contribution in [2.45, 2.75) is 56.5 Å². The molecule has 0 aromatic rings. The summed E-state index contributed by atoms with van der Waals surface area (Å²) in [6.45, 7) is 0. The van der Waals surface area contributed by atoms with Crippen molar-refractivity contribution < 1.29 is 9.47 Å².